The number of anilines is 1. The molecule has 0 aromatic heterocycles. The summed E-state index contributed by atoms with van der Waals surface area (Å²) in [5.41, 5.74) is 11.2. The summed E-state index contributed by atoms with van der Waals surface area (Å²) in [5.74, 6) is 0.168. The second-order valence-corrected chi connectivity index (χ2v) is 7.06. The van der Waals surface area contributed by atoms with Gasteiger partial charge >= 0.3 is 5.69 Å². The van der Waals surface area contributed by atoms with Gasteiger partial charge in [-0.25, -0.2) is 4.99 Å². The van der Waals surface area contributed by atoms with Crippen molar-refractivity contribution in [3.05, 3.63) is 31.7 Å². The minimum Gasteiger partial charge on any atom is -0.369 e. The van der Waals surface area contributed by atoms with Gasteiger partial charge in [-0.05, 0) is 53.7 Å². The number of nitro benzene ring substituents is 1. The molecule has 1 fully saturated rings. The highest BCUT2D eigenvalue weighted by molar-refractivity contribution is 9.10. The van der Waals surface area contributed by atoms with Crippen LogP contribution in [0.5, 0.6) is 0 Å². The Hall–Kier alpha value is -1.87. The molecular formula is C14H16BrClN6O2. The smallest absolute Gasteiger partial charge is 0.312 e. The number of benzene rings is 1. The van der Waals surface area contributed by atoms with Gasteiger partial charge in [0.15, 0.2) is 0 Å². The van der Waals surface area contributed by atoms with Crippen molar-refractivity contribution < 1.29 is 4.92 Å². The number of aliphatic imine (C=N–C) groups is 2. The van der Waals surface area contributed by atoms with Gasteiger partial charge in [-0.1, -0.05) is 18.0 Å². The highest BCUT2D eigenvalue weighted by Gasteiger charge is 2.46. The first kappa shape index (κ1) is 17.0. The number of nitro groups is 1. The van der Waals surface area contributed by atoms with Crippen molar-refractivity contribution in [2.45, 2.75) is 37.8 Å². The third kappa shape index (κ3) is 2.71. The van der Waals surface area contributed by atoms with E-state index in [1.807, 2.05) is 0 Å². The average molecular weight is 416 g/mol. The summed E-state index contributed by atoms with van der Waals surface area (Å²) in [4.78, 5) is 21.2. The van der Waals surface area contributed by atoms with Crippen LogP contribution in [0.4, 0.5) is 11.4 Å². The monoisotopic (exact) mass is 414 g/mol. The molecule has 0 unspecified atom stereocenters. The van der Waals surface area contributed by atoms with Crippen LogP contribution < -0.4 is 16.4 Å². The van der Waals surface area contributed by atoms with Gasteiger partial charge in [-0.3, -0.25) is 15.0 Å². The van der Waals surface area contributed by atoms with E-state index in [4.69, 9.17) is 23.1 Å². The van der Waals surface area contributed by atoms with Crippen molar-refractivity contribution >= 4 is 50.8 Å². The van der Waals surface area contributed by atoms with E-state index >= 15 is 0 Å². The molecule has 1 aliphatic heterocycles. The number of rotatable bonds is 2. The second-order valence-electron chi connectivity index (χ2n) is 5.80. The molecule has 0 amide bonds. The van der Waals surface area contributed by atoms with Gasteiger partial charge in [-0.2, -0.15) is 4.99 Å². The third-order valence-electron chi connectivity index (χ3n) is 4.31. The lowest BCUT2D eigenvalue weighted by molar-refractivity contribution is -0.384. The fourth-order valence-electron chi connectivity index (χ4n) is 3.36. The van der Waals surface area contributed by atoms with Crippen LogP contribution in [-0.4, -0.2) is 22.5 Å². The Bertz CT molecular complexity index is 760. The van der Waals surface area contributed by atoms with E-state index in [9.17, 15) is 10.1 Å². The lowest BCUT2D eigenvalue weighted by Gasteiger charge is -2.45. The van der Waals surface area contributed by atoms with Crippen LogP contribution in [0.25, 0.3) is 0 Å². The molecule has 1 aromatic rings. The second kappa shape index (κ2) is 6.21. The van der Waals surface area contributed by atoms with Gasteiger partial charge in [0.25, 0.3) is 0 Å². The molecule has 3 rings (SSSR count). The van der Waals surface area contributed by atoms with Crippen LogP contribution in [0, 0.1) is 10.1 Å². The molecule has 0 radical (unpaired) electrons. The molecule has 10 heteroatoms. The van der Waals surface area contributed by atoms with E-state index in [0.29, 0.717) is 17.3 Å². The quantitative estimate of drug-likeness (QED) is 0.567. The predicted octanol–water partition coefficient (Wildman–Crippen LogP) is 3.12. The Morgan fingerprint density at radius 1 is 1.29 bits per heavy atom. The molecule has 1 aliphatic carbocycles. The molecule has 24 heavy (non-hydrogen) atoms. The molecule has 8 nitrogen and oxygen atoms in total. The topological polar surface area (TPSA) is 123 Å². The molecule has 128 valence electrons. The summed E-state index contributed by atoms with van der Waals surface area (Å²) in [6.45, 7) is 0. The molecule has 4 N–H and O–H groups in total. The number of hydrogen-bond acceptors (Lipinski definition) is 7. The van der Waals surface area contributed by atoms with Gasteiger partial charge in [-0.15, -0.1) is 0 Å². The van der Waals surface area contributed by atoms with Crippen molar-refractivity contribution in [3.63, 3.8) is 0 Å². The minimum absolute atomic E-state index is 0.0273. The average Bonchev–Trinajstić information content (AvgIpc) is 2.50. The summed E-state index contributed by atoms with van der Waals surface area (Å²) in [5, 5.41) is 11.6. The molecule has 0 bridgehead atoms. The Balaban J connectivity index is 2.25. The molecule has 1 saturated carbocycles. The van der Waals surface area contributed by atoms with Gasteiger partial charge in [0.1, 0.15) is 16.4 Å². The van der Waals surface area contributed by atoms with Gasteiger partial charge in [0.05, 0.1) is 4.92 Å². The van der Waals surface area contributed by atoms with E-state index in [1.54, 1.807) is 11.0 Å². The summed E-state index contributed by atoms with van der Waals surface area (Å²) in [6.07, 6.45) is 4.28. The van der Waals surface area contributed by atoms with Crippen molar-refractivity contribution in [1.29, 1.82) is 0 Å². The first-order chi connectivity index (χ1) is 11.4. The van der Waals surface area contributed by atoms with E-state index in [-0.39, 0.29) is 28.3 Å². The number of nitrogens with zero attached hydrogens (tertiary/aromatic N) is 4. The van der Waals surface area contributed by atoms with Gasteiger partial charge < -0.3 is 11.5 Å². The highest BCUT2D eigenvalue weighted by Crippen LogP contribution is 2.47. The number of halogens is 2. The maximum atomic E-state index is 11.6. The maximum Gasteiger partial charge on any atom is 0.312 e. The van der Waals surface area contributed by atoms with Crippen molar-refractivity contribution in [2.75, 3.05) is 4.90 Å². The van der Waals surface area contributed by atoms with Crippen molar-refractivity contribution in [2.24, 2.45) is 21.5 Å². The van der Waals surface area contributed by atoms with Crippen molar-refractivity contribution in [1.82, 2.24) is 0 Å². The zero-order valence-electron chi connectivity index (χ0n) is 12.7. The highest BCUT2D eigenvalue weighted by atomic mass is 79.9. The fraction of sp³-hybridized carbons (Fsp3) is 0.429. The summed E-state index contributed by atoms with van der Waals surface area (Å²) >= 11 is 9.47. The largest absolute Gasteiger partial charge is 0.369 e. The lowest BCUT2D eigenvalue weighted by Crippen LogP contribution is -2.58. The molecule has 1 spiro atoms. The fourth-order valence-corrected chi connectivity index (χ4v) is 4.08. The predicted molar refractivity (Wildman–Crippen MR) is 97.3 cm³/mol. The Morgan fingerprint density at radius 3 is 2.58 bits per heavy atom. The van der Waals surface area contributed by atoms with Gasteiger partial charge in [0.2, 0.25) is 11.9 Å². The normalized spacial score (nSPS) is 19.8. The molecule has 2 aliphatic rings. The van der Waals surface area contributed by atoms with E-state index in [1.165, 1.54) is 6.07 Å². The summed E-state index contributed by atoms with van der Waals surface area (Å²) in [6, 6.07) is 3.12. The number of nitrogens with two attached hydrogens (primary N) is 2. The maximum absolute atomic E-state index is 11.6. The van der Waals surface area contributed by atoms with Gasteiger partial charge in [0, 0.05) is 4.47 Å². The molecule has 0 atom stereocenters. The Kier molecular flexibility index (Phi) is 4.39. The van der Waals surface area contributed by atoms with Crippen LogP contribution in [0.3, 0.4) is 0 Å². The van der Waals surface area contributed by atoms with Crippen LogP contribution >= 0.6 is 27.5 Å². The zero-order valence-corrected chi connectivity index (χ0v) is 15.0. The zero-order chi connectivity index (χ0) is 17.5. The Morgan fingerprint density at radius 2 is 1.96 bits per heavy atom. The number of guanidine groups is 2. The number of hydrogen-bond donors (Lipinski definition) is 2. The molecule has 1 heterocycles. The van der Waals surface area contributed by atoms with Crippen LogP contribution in [0.15, 0.2) is 26.6 Å². The van der Waals surface area contributed by atoms with Crippen LogP contribution in [0.2, 0.25) is 5.02 Å². The van der Waals surface area contributed by atoms with E-state index in [0.717, 1.165) is 19.3 Å². The minimum atomic E-state index is -0.772. The van der Waals surface area contributed by atoms with Crippen LogP contribution in [-0.2, 0) is 0 Å². The standard InChI is InChI=1S/C14H16BrClN6O2/c15-8-4-5-9(16)11(22(23)24)10(8)21-13(18)19-12(17)20-14(21)6-2-1-3-7-14/h4-5H,1-3,6-7H2,(H4,17,18,19,20). The Labute approximate surface area is 151 Å². The summed E-state index contributed by atoms with van der Waals surface area (Å²) in [7, 11) is 0. The molecular weight excluding hydrogens is 400 g/mol. The molecule has 1 aromatic carbocycles. The van der Waals surface area contributed by atoms with E-state index in [2.05, 4.69) is 25.9 Å². The first-order valence-corrected chi connectivity index (χ1v) is 8.65. The molecule has 0 saturated heterocycles. The van der Waals surface area contributed by atoms with E-state index < -0.39 is 10.6 Å². The first-order valence-electron chi connectivity index (χ1n) is 7.48. The van der Waals surface area contributed by atoms with Crippen LogP contribution in [0.1, 0.15) is 32.1 Å². The van der Waals surface area contributed by atoms with Crippen molar-refractivity contribution in [3.8, 4) is 0 Å². The SMILES string of the molecule is NC1=NC2(CCCCC2)N(c2c(Br)ccc(Cl)c2[N+](=O)[O-])C(N)=N1. The lowest BCUT2D eigenvalue weighted by atomic mass is 9.87. The third-order valence-corrected chi connectivity index (χ3v) is 5.26. The summed E-state index contributed by atoms with van der Waals surface area (Å²) < 4.78 is 0.498.